The molecule has 0 radical (unpaired) electrons. The molecule has 1 aromatic heterocycles. The third-order valence-electron chi connectivity index (χ3n) is 1.24. The second-order valence-corrected chi connectivity index (χ2v) is 2.43. The summed E-state index contributed by atoms with van der Waals surface area (Å²) in [6.45, 7) is 5.92. The minimum Gasteiger partial charge on any atom is -0.361 e. The number of aromatic nitrogens is 2. The van der Waals surface area contributed by atoms with Crippen molar-refractivity contribution in [2.75, 3.05) is 19.0 Å². The van der Waals surface area contributed by atoms with Gasteiger partial charge in [-0.05, 0) is 19.1 Å². The largest absolute Gasteiger partial charge is 0.361 e. The van der Waals surface area contributed by atoms with Crippen LogP contribution in [0.15, 0.2) is 12.1 Å². The van der Waals surface area contributed by atoms with Crippen molar-refractivity contribution in [3.05, 3.63) is 17.8 Å². The first kappa shape index (κ1) is 10.9. The molecule has 0 saturated carbocycles. The van der Waals surface area contributed by atoms with Crippen LogP contribution in [0.1, 0.15) is 19.5 Å². The predicted molar refractivity (Wildman–Crippen MR) is 52.4 cm³/mol. The Bertz CT molecular complexity index is 204. The molecule has 68 valence electrons. The fourth-order valence-electron chi connectivity index (χ4n) is 0.630. The fraction of sp³-hybridized carbons (Fsp3) is 0.556. The average molecular weight is 167 g/mol. The Balaban J connectivity index is 0.000000561. The van der Waals surface area contributed by atoms with Crippen molar-refractivity contribution < 1.29 is 0 Å². The SMILES string of the molecule is CC.Cc1ccc(N(C)C)nn1. The molecule has 0 spiro atoms. The maximum absolute atomic E-state index is 3.95. The fourth-order valence-corrected chi connectivity index (χ4v) is 0.630. The quantitative estimate of drug-likeness (QED) is 0.639. The topological polar surface area (TPSA) is 29.0 Å². The molecule has 0 aromatic carbocycles. The van der Waals surface area contributed by atoms with E-state index in [0.29, 0.717) is 0 Å². The smallest absolute Gasteiger partial charge is 0.150 e. The van der Waals surface area contributed by atoms with Crippen LogP contribution >= 0.6 is 0 Å². The lowest BCUT2D eigenvalue weighted by atomic mass is 10.4. The molecule has 3 heteroatoms. The standard InChI is InChI=1S/C7H11N3.C2H6/c1-6-4-5-7(9-8-6)10(2)3;1-2/h4-5H,1-3H3;1-2H3. The van der Waals surface area contributed by atoms with E-state index < -0.39 is 0 Å². The summed E-state index contributed by atoms with van der Waals surface area (Å²) in [5.41, 5.74) is 0.950. The van der Waals surface area contributed by atoms with E-state index in [0.717, 1.165) is 11.5 Å². The van der Waals surface area contributed by atoms with Gasteiger partial charge in [-0.3, -0.25) is 0 Å². The Kier molecular flexibility index (Phi) is 5.00. The Morgan fingerprint density at radius 2 is 1.67 bits per heavy atom. The second-order valence-electron chi connectivity index (χ2n) is 2.43. The van der Waals surface area contributed by atoms with Gasteiger partial charge in [-0.25, -0.2) is 0 Å². The van der Waals surface area contributed by atoms with Gasteiger partial charge in [-0.2, -0.15) is 5.10 Å². The van der Waals surface area contributed by atoms with Gasteiger partial charge in [0.15, 0.2) is 5.82 Å². The third-order valence-corrected chi connectivity index (χ3v) is 1.24. The molecule has 0 amide bonds. The van der Waals surface area contributed by atoms with Gasteiger partial charge < -0.3 is 4.90 Å². The molecule has 0 aliphatic carbocycles. The lowest BCUT2D eigenvalue weighted by Crippen LogP contribution is -2.11. The predicted octanol–water partition coefficient (Wildman–Crippen LogP) is 1.88. The molecule has 0 aliphatic rings. The molecule has 1 heterocycles. The zero-order valence-corrected chi connectivity index (χ0v) is 8.50. The summed E-state index contributed by atoms with van der Waals surface area (Å²) >= 11 is 0. The zero-order chi connectivity index (χ0) is 9.56. The van der Waals surface area contributed by atoms with E-state index in [1.807, 2.05) is 51.9 Å². The minimum absolute atomic E-state index is 0.894. The molecule has 0 fully saturated rings. The second kappa shape index (κ2) is 5.52. The van der Waals surface area contributed by atoms with Crippen LogP contribution in [-0.2, 0) is 0 Å². The zero-order valence-electron chi connectivity index (χ0n) is 8.50. The Morgan fingerprint density at radius 3 is 2.00 bits per heavy atom. The number of aryl methyl sites for hydroxylation is 1. The first-order chi connectivity index (χ1) is 5.70. The molecule has 12 heavy (non-hydrogen) atoms. The number of hydrogen-bond acceptors (Lipinski definition) is 3. The van der Waals surface area contributed by atoms with Crippen LogP contribution in [-0.4, -0.2) is 24.3 Å². The number of anilines is 1. The van der Waals surface area contributed by atoms with E-state index in [2.05, 4.69) is 10.2 Å². The molecule has 1 aromatic rings. The first-order valence-electron chi connectivity index (χ1n) is 4.18. The highest BCUT2D eigenvalue weighted by atomic mass is 15.2. The van der Waals surface area contributed by atoms with Crippen LogP contribution in [0.4, 0.5) is 5.82 Å². The Hall–Kier alpha value is -1.12. The van der Waals surface area contributed by atoms with E-state index in [1.165, 1.54) is 0 Å². The summed E-state index contributed by atoms with van der Waals surface area (Å²) in [6, 6.07) is 3.89. The van der Waals surface area contributed by atoms with Crippen molar-refractivity contribution >= 4 is 5.82 Å². The molecule has 1 rings (SSSR count). The Labute approximate surface area is 74.4 Å². The number of nitrogens with zero attached hydrogens (tertiary/aromatic N) is 3. The van der Waals surface area contributed by atoms with Crippen molar-refractivity contribution in [2.45, 2.75) is 20.8 Å². The van der Waals surface area contributed by atoms with Gasteiger partial charge in [-0.1, -0.05) is 13.8 Å². The third kappa shape index (κ3) is 3.32. The summed E-state index contributed by atoms with van der Waals surface area (Å²) in [6.07, 6.45) is 0. The number of hydrogen-bond donors (Lipinski definition) is 0. The molecule has 3 nitrogen and oxygen atoms in total. The van der Waals surface area contributed by atoms with Crippen LogP contribution in [0.2, 0.25) is 0 Å². The van der Waals surface area contributed by atoms with Crippen LogP contribution in [0.3, 0.4) is 0 Å². The minimum atomic E-state index is 0.894. The van der Waals surface area contributed by atoms with E-state index in [-0.39, 0.29) is 0 Å². The van der Waals surface area contributed by atoms with Crippen molar-refractivity contribution in [3.8, 4) is 0 Å². The van der Waals surface area contributed by atoms with Crippen molar-refractivity contribution in [1.29, 1.82) is 0 Å². The van der Waals surface area contributed by atoms with E-state index in [4.69, 9.17) is 0 Å². The summed E-state index contributed by atoms with van der Waals surface area (Å²) < 4.78 is 0. The van der Waals surface area contributed by atoms with Crippen LogP contribution in [0.5, 0.6) is 0 Å². The maximum atomic E-state index is 3.95. The average Bonchev–Trinajstić information content (AvgIpc) is 2.09. The highest BCUT2D eigenvalue weighted by molar-refractivity contribution is 5.34. The van der Waals surface area contributed by atoms with E-state index in [1.54, 1.807) is 0 Å². The van der Waals surface area contributed by atoms with Gasteiger partial charge in [0.05, 0.1) is 5.69 Å². The van der Waals surface area contributed by atoms with Gasteiger partial charge in [-0.15, -0.1) is 5.10 Å². The monoisotopic (exact) mass is 167 g/mol. The van der Waals surface area contributed by atoms with Gasteiger partial charge in [0, 0.05) is 14.1 Å². The van der Waals surface area contributed by atoms with Crippen LogP contribution < -0.4 is 4.90 Å². The summed E-state index contributed by atoms with van der Waals surface area (Å²) in [5, 5.41) is 7.86. The van der Waals surface area contributed by atoms with Gasteiger partial charge in [0.2, 0.25) is 0 Å². The van der Waals surface area contributed by atoms with E-state index in [9.17, 15) is 0 Å². The lowest BCUT2D eigenvalue weighted by Gasteiger charge is -2.08. The molecule has 0 saturated heterocycles. The lowest BCUT2D eigenvalue weighted by molar-refractivity contribution is 0.934. The van der Waals surface area contributed by atoms with Gasteiger partial charge >= 0.3 is 0 Å². The summed E-state index contributed by atoms with van der Waals surface area (Å²) in [5.74, 6) is 0.894. The Morgan fingerprint density at radius 1 is 1.08 bits per heavy atom. The normalized spacial score (nSPS) is 8.42. The van der Waals surface area contributed by atoms with E-state index >= 15 is 0 Å². The van der Waals surface area contributed by atoms with Crippen LogP contribution in [0, 0.1) is 6.92 Å². The highest BCUT2D eigenvalue weighted by Gasteiger charge is 1.94. The first-order valence-corrected chi connectivity index (χ1v) is 4.18. The molecular weight excluding hydrogens is 150 g/mol. The van der Waals surface area contributed by atoms with Gasteiger partial charge in [0.1, 0.15) is 0 Å². The molecule has 0 N–H and O–H groups in total. The molecule has 0 unspecified atom stereocenters. The van der Waals surface area contributed by atoms with Crippen molar-refractivity contribution in [2.24, 2.45) is 0 Å². The highest BCUT2D eigenvalue weighted by Crippen LogP contribution is 2.03. The van der Waals surface area contributed by atoms with Crippen molar-refractivity contribution in [1.82, 2.24) is 10.2 Å². The van der Waals surface area contributed by atoms with Crippen molar-refractivity contribution in [3.63, 3.8) is 0 Å². The molecular formula is C9H17N3. The summed E-state index contributed by atoms with van der Waals surface area (Å²) in [7, 11) is 3.89. The summed E-state index contributed by atoms with van der Waals surface area (Å²) in [4.78, 5) is 1.92. The van der Waals surface area contributed by atoms with Gasteiger partial charge in [0.25, 0.3) is 0 Å². The molecule has 0 aliphatic heterocycles. The molecule has 0 atom stereocenters. The molecule has 0 bridgehead atoms. The van der Waals surface area contributed by atoms with Crippen LogP contribution in [0.25, 0.3) is 0 Å². The number of rotatable bonds is 1. The maximum Gasteiger partial charge on any atom is 0.150 e.